The van der Waals surface area contributed by atoms with Crippen molar-refractivity contribution in [2.24, 2.45) is 9.98 Å². The maximum atomic E-state index is 14.0. The van der Waals surface area contributed by atoms with Crippen molar-refractivity contribution >= 4 is 40.4 Å². The molecule has 0 saturated heterocycles. The first-order chi connectivity index (χ1) is 19.1. The molecular formula is C22H11Cl2F12N5O. The van der Waals surface area contributed by atoms with Crippen LogP contribution in [0.3, 0.4) is 0 Å². The number of ether oxygens (including phenoxy) is 1. The van der Waals surface area contributed by atoms with Crippen LogP contribution in [0.2, 0.25) is 10.0 Å². The Labute approximate surface area is 236 Å². The van der Waals surface area contributed by atoms with E-state index in [0.717, 1.165) is 24.3 Å². The molecule has 2 aromatic carbocycles. The van der Waals surface area contributed by atoms with Gasteiger partial charge in [0, 0.05) is 6.54 Å². The molecule has 2 aliphatic rings. The standard InChI is InChI=1S/C22H11Cl2F12N5O/c23-11-5-9(19(25,26)27)6-12(24)14(11)41-17(37-7-8-1-3-10(4-2-8)42-22(34,35)36)13-15(20(28,29)30)38-18(21(31,32)33)39-16(13)40-41/h1-6,16,37,40H,7H2. The minimum atomic E-state index is -5.49. The highest BCUT2D eigenvalue weighted by Gasteiger charge is 2.52. The number of rotatable bonds is 5. The van der Waals surface area contributed by atoms with Gasteiger partial charge in [0.15, 0.2) is 5.71 Å². The second-order valence-electron chi connectivity index (χ2n) is 8.37. The molecule has 0 fully saturated rings. The van der Waals surface area contributed by atoms with Gasteiger partial charge < -0.3 is 10.1 Å². The summed E-state index contributed by atoms with van der Waals surface area (Å²) < 4.78 is 163. The Morgan fingerprint density at radius 1 is 0.833 bits per heavy atom. The van der Waals surface area contributed by atoms with Gasteiger partial charge in [-0.3, -0.25) is 5.01 Å². The lowest BCUT2D eigenvalue weighted by Crippen LogP contribution is -2.43. The summed E-state index contributed by atoms with van der Waals surface area (Å²) in [7, 11) is 0. The highest BCUT2D eigenvalue weighted by atomic mass is 35.5. The molecule has 228 valence electrons. The second-order valence-corrected chi connectivity index (χ2v) is 9.18. The van der Waals surface area contributed by atoms with Crippen molar-refractivity contribution in [3.63, 3.8) is 0 Å². The lowest BCUT2D eigenvalue weighted by Gasteiger charge is -2.26. The molecule has 0 radical (unpaired) electrons. The smallest absolute Gasteiger partial charge is 0.406 e. The van der Waals surface area contributed by atoms with Gasteiger partial charge in [-0.05, 0) is 29.8 Å². The first-order valence-electron chi connectivity index (χ1n) is 10.9. The number of halogens is 14. The summed E-state index contributed by atoms with van der Waals surface area (Å²) in [6.45, 7) is -0.479. The van der Waals surface area contributed by atoms with Crippen molar-refractivity contribution in [2.75, 3.05) is 5.01 Å². The van der Waals surface area contributed by atoms with Crippen molar-refractivity contribution < 1.29 is 57.4 Å². The van der Waals surface area contributed by atoms with Gasteiger partial charge in [0.25, 0.3) is 0 Å². The number of alkyl halides is 12. The normalized spacial score (nSPS) is 18.1. The monoisotopic (exact) mass is 659 g/mol. The summed E-state index contributed by atoms with van der Waals surface area (Å²) in [5, 5.41) is 1.53. The number of nitrogens with zero attached hydrogens (tertiary/aromatic N) is 3. The average Bonchev–Trinajstić information content (AvgIpc) is 3.17. The Hall–Kier alpha value is -3.38. The number of benzene rings is 2. The zero-order valence-electron chi connectivity index (χ0n) is 19.8. The summed E-state index contributed by atoms with van der Waals surface area (Å²) in [5.41, 5.74) is -2.63. The molecule has 4 rings (SSSR count). The quantitative estimate of drug-likeness (QED) is 0.326. The van der Waals surface area contributed by atoms with Crippen LogP contribution in [0, 0.1) is 0 Å². The van der Waals surface area contributed by atoms with Gasteiger partial charge in [0.05, 0.1) is 26.9 Å². The van der Waals surface area contributed by atoms with Gasteiger partial charge in [-0.25, -0.2) is 9.98 Å². The van der Waals surface area contributed by atoms with E-state index in [-0.39, 0.29) is 5.56 Å². The number of hydrogen-bond donors (Lipinski definition) is 2. The molecule has 0 spiro atoms. The van der Waals surface area contributed by atoms with E-state index in [4.69, 9.17) is 23.2 Å². The van der Waals surface area contributed by atoms with Crippen LogP contribution in [0.5, 0.6) is 5.75 Å². The van der Waals surface area contributed by atoms with Crippen LogP contribution in [-0.4, -0.2) is 36.4 Å². The van der Waals surface area contributed by atoms with Crippen molar-refractivity contribution in [1.29, 1.82) is 0 Å². The highest BCUT2D eigenvalue weighted by Crippen LogP contribution is 2.44. The van der Waals surface area contributed by atoms with E-state index < -0.39 is 87.6 Å². The summed E-state index contributed by atoms with van der Waals surface area (Å²) in [6, 6.07) is 4.70. The number of hydrazine groups is 1. The molecule has 6 nitrogen and oxygen atoms in total. The molecular weight excluding hydrogens is 649 g/mol. The van der Waals surface area contributed by atoms with Crippen LogP contribution in [0.4, 0.5) is 58.4 Å². The molecule has 0 aromatic heterocycles. The first kappa shape index (κ1) is 31.6. The van der Waals surface area contributed by atoms with E-state index in [0.29, 0.717) is 17.1 Å². The minimum Gasteiger partial charge on any atom is -0.406 e. The zero-order chi connectivity index (χ0) is 31.4. The van der Waals surface area contributed by atoms with Gasteiger partial charge in [0.1, 0.15) is 17.7 Å². The Morgan fingerprint density at radius 2 is 1.40 bits per heavy atom. The maximum Gasteiger partial charge on any atom is 0.573 e. The summed E-state index contributed by atoms with van der Waals surface area (Å²) in [4.78, 5) is 5.84. The first-order valence-corrected chi connectivity index (χ1v) is 11.7. The molecule has 0 aliphatic carbocycles. The predicted octanol–water partition coefficient (Wildman–Crippen LogP) is 7.54. The maximum absolute atomic E-state index is 14.0. The van der Waals surface area contributed by atoms with E-state index in [1.807, 2.05) is 0 Å². The number of fused-ring (bicyclic) bond motifs is 1. The Morgan fingerprint density at radius 3 is 1.88 bits per heavy atom. The van der Waals surface area contributed by atoms with Crippen LogP contribution >= 0.6 is 23.2 Å². The van der Waals surface area contributed by atoms with Gasteiger partial charge in [-0.2, -0.15) is 44.9 Å². The van der Waals surface area contributed by atoms with Crippen molar-refractivity contribution in [3.8, 4) is 5.75 Å². The van der Waals surface area contributed by atoms with Crippen LogP contribution in [0.15, 0.2) is 57.8 Å². The van der Waals surface area contributed by atoms with Crippen molar-refractivity contribution in [3.05, 3.63) is 69.0 Å². The van der Waals surface area contributed by atoms with Crippen LogP contribution in [0.1, 0.15) is 11.1 Å². The fraction of sp³-hybridized carbons (Fsp3) is 0.273. The van der Waals surface area contributed by atoms with Gasteiger partial charge >= 0.3 is 24.9 Å². The molecule has 0 bridgehead atoms. The topological polar surface area (TPSA) is 61.2 Å². The summed E-state index contributed by atoms with van der Waals surface area (Å²) in [5.74, 6) is -3.49. The number of nitrogens with one attached hydrogen (secondary N) is 2. The second kappa shape index (κ2) is 10.7. The van der Waals surface area contributed by atoms with Gasteiger partial charge in [-0.1, -0.05) is 35.3 Å². The third-order valence-corrected chi connectivity index (χ3v) is 6.01. The molecule has 20 heteroatoms. The lowest BCUT2D eigenvalue weighted by molar-refractivity contribution is -0.274. The van der Waals surface area contributed by atoms with Crippen LogP contribution < -0.4 is 20.5 Å². The summed E-state index contributed by atoms with van der Waals surface area (Å²) >= 11 is 12.0. The molecule has 42 heavy (non-hydrogen) atoms. The number of amidine groups is 1. The third kappa shape index (κ3) is 6.81. The molecule has 2 N–H and O–H groups in total. The summed E-state index contributed by atoms with van der Waals surface area (Å²) in [6.07, 6.45) is -23.0. The SMILES string of the molecule is FC(F)(F)Oc1ccc(CNC2=C3C(C(F)(F)F)=NC(C(F)(F)F)=NC3NN2c2c(Cl)cc(C(F)(F)F)cc2Cl)cc1. The molecule has 1 unspecified atom stereocenters. The number of hydrogen-bond acceptors (Lipinski definition) is 6. The molecule has 2 heterocycles. The molecule has 0 saturated carbocycles. The van der Waals surface area contributed by atoms with E-state index in [9.17, 15) is 52.7 Å². The fourth-order valence-electron chi connectivity index (χ4n) is 3.79. The Balaban J connectivity index is 1.81. The largest absolute Gasteiger partial charge is 0.573 e. The molecule has 2 aromatic rings. The van der Waals surface area contributed by atoms with Crippen LogP contribution in [-0.2, 0) is 12.7 Å². The third-order valence-electron chi connectivity index (χ3n) is 5.43. The Bertz CT molecular complexity index is 1440. The number of anilines is 1. The minimum absolute atomic E-state index is 0.131. The predicted molar refractivity (Wildman–Crippen MR) is 125 cm³/mol. The van der Waals surface area contributed by atoms with Crippen molar-refractivity contribution in [2.45, 2.75) is 37.6 Å². The van der Waals surface area contributed by atoms with E-state index in [2.05, 4.69) is 25.5 Å². The van der Waals surface area contributed by atoms with Gasteiger partial charge in [-0.15, -0.1) is 13.2 Å². The molecule has 1 atom stereocenters. The Kier molecular flexibility index (Phi) is 8.05. The molecule has 0 amide bonds. The van der Waals surface area contributed by atoms with E-state index in [1.165, 1.54) is 0 Å². The fourth-order valence-corrected chi connectivity index (χ4v) is 4.45. The highest BCUT2D eigenvalue weighted by molar-refractivity contribution is 6.39. The van der Waals surface area contributed by atoms with E-state index in [1.54, 1.807) is 0 Å². The average molecular weight is 660 g/mol. The lowest BCUT2D eigenvalue weighted by atomic mass is 10.1. The van der Waals surface area contributed by atoms with E-state index >= 15 is 0 Å². The van der Waals surface area contributed by atoms with Crippen LogP contribution in [0.25, 0.3) is 0 Å². The number of aliphatic imine (C=N–C) groups is 2. The van der Waals surface area contributed by atoms with Gasteiger partial charge in [0.2, 0.25) is 5.84 Å². The molecule has 2 aliphatic heterocycles. The van der Waals surface area contributed by atoms with Crippen molar-refractivity contribution in [1.82, 2.24) is 10.7 Å². The zero-order valence-corrected chi connectivity index (χ0v) is 21.3.